The number of hydrogen-bond donors (Lipinski definition) is 1. The van der Waals surface area contributed by atoms with Crippen LogP contribution in [0.3, 0.4) is 0 Å². The maximum Gasteiger partial charge on any atom is 0.328 e. The molecule has 7 heteroatoms. The summed E-state index contributed by atoms with van der Waals surface area (Å²) < 4.78 is 5.08. The summed E-state index contributed by atoms with van der Waals surface area (Å²) in [5.74, 6) is -1.21. The number of amides is 2. The highest BCUT2D eigenvalue weighted by atomic mass is 32.1. The lowest BCUT2D eigenvalue weighted by Crippen LogP contribution is -2.42. The largest absolute Gasteiger partial charge is 0.454 e. The second kappa shape index (κ2) is 8.14. The van der Waals surface area contributed by atoms with E-state index in [0.29, 0.717) is 18.7 Å². The summed E-state index contributed by atoms with van der Waals surface area (Å²) in [5.41, 5.74) is 1.62. The number of rotatable bonds is 5. The molecule has 136 valence electrons. The third kappa shape index (κ3) is 4.29. The normalized spacial score (nSPS) is 14.3. The number of esters is 1. The van der Waals surface area contributed by atoms with E-state index in [-0.39, 0.29) is 18.4 Å². The Labute approximate surface area is 155 Å². The number of carbonyl (C=O) groups is 3. The second-order valence-corrected chi connectivity index (χ2v) is 7.10. The van der Waals surface area contributed by atoms with Gasteiger partial charge in [-0.05, 0) is 42.5 Å². The van der Waals surface area contributed by atoms with E-state index < -0.39 is 12.0 Å². The molecule has 0 saturated heterocycles. The van der Waals surface area contributed by atoms with Crippen molar-refractivity contribution < 1.29 is 19.1 Å². The second-order valence-electron chi connectivity index (χ2n) is 6.10. The molecule has 1 atom stereocenters. The van der Waals surface area contributed by atoms with Crippen molar-refractivity contribution in [2.75, 3.05) is 13.2 Å². The molecule has 1 aliphatic heterocycles. The van der Waals surface area contributed by atoms with Gasteiger partial charge < -0.3 is 15.0 Å². The third-order valence-electron chi connectivity index (χ3n) is 4.24. The van der Waals surface area contributed by atoms with Crippen molar-refractivity contribution in [2.24, 2.45) is 0 Å². The van der Waals surface area contributed by atoms with Crippen LogP contribution in [-0.2, 0) is 27.3 Å². The first kappa shape index (κ1) is 18.1. The van der Waals surface area contributed by atoms with Gasteiger partial charge in [0.25, 0.3) is 11.8 Å². The number of carbonyl (C=O) groups excluding carboxylic acids is 3. The van der Waals surface area contributed by atoms with Gasteiger partial charge in [0.2, 0.25) is 0 Å². The van der Waals surface area contributed by atoms with E-state index in [1.54, 1.807) is 46.6 Å². The van der Waals surface area contributed by atoms with Crippen LogP contribution in [0.4, 0.5) is 0 Å². The molecule has 1 aromatic heterocycles. The van der Waals surface area contributed by atoms with Crippen LogP contribution in [0.25, 0.3) is 0 Å². The summed E-state index contributed by atoms with van der Waals surface area (Å²) in [6.45, 7) is 2.40. The van der Waals surface area contributed by atoms with Crippen molar-refractivity contribution in [1.29, 1.82) is 0 Å². The quantitative estimate of drug-likeness (QED) is 0.815. The summed E-state index contributed by atoms with van der Waals surface area (Å²) in [6, 6.07) is 9.80. The van der Waals surface area contributed by atoms with Gasteiger partial charge in [0.15, 0.2) is 6.61 Å². The van der Waals surface area contributed by atoms with Gasteiger partial charge in [0.05, 0.1) is 0 Å². The lowest BCUT2D eigenvalue weighted by atomic mass is 10.1. The van der Waals surface area contributed by atoms with E-state index in [1.165, 1.54) is 11.8 Å². The Hall–Kier alpha value is -2.67. The van der Waals surface area contributed by atoms with Crippen LogP contribution in [0, 0.1) is 0 Å². The minimum absolute atomic E-state index is 0.225. The van der Waals surface area contributed by atoms with Gasteiger partial charge in [0, 0.05) is 23.5 Å². The smallest absolute Gasteiger partial charge is 0.328 e. The Kier molecular flexibility index (Phi) is 5.68. The van der Waals surface area contributed by atoms with E-state index in [1.807, 2.05) is 11.4 Å². The number of hydrogen-bond acceptors (Lipinski definition) is 5. The fourth-order valence-electron chi connectivity index (χ4n) is 2.74. The van der Waals surface area contributed by atoms with E-state index in [4.69, 9.17) is 4.74 Å². The molecule has 2 amide bonds. The molecule has 1 N–H and O–H groups in total. The van der Waals surface area contributed by atoms with Gasteiger partial charge in [-0.1, -0.05) is 18.2 Å². The highest BCUT2D eigenvalue weighted by Gasteiger charge is 2.24. The molecule has 26 heavy (non-hydrogen) atoms. The van der Waals surface area contributed by atoms with Crippen LogP contribution in [0.15, 0.2) is 41.8 Å². The summed E-state index contributed by atoms with van der Waals surface area (Å²) >= 11 is 1.70. The van der Waals surface area contributed by atoms with Crippen molar-refractivity contribution in [2.45, 2.75) is 25.9 Å². The Bertz CT molecular complexity index is 803. The lowest BCUT2D eigenvalue weighted by Gasteiger charge is -2.27. The molecular formula is C19H20N2O4S. The van der Waals surface area contributed by atoms with Crippen LogP contribution in [0.1, 0.15) is 27.7 Å². The van der Waals surface area contributed by atoms with Crippen molar-refractivity contribution in [3.63, 3.8) is 0 Å². The van der Waals surface area contributed by atoms with E-state index in [2.05, 4.69) is 5.32 Å². The number of nitrogens with zero attached hydrogens (tertiary/aromatic N) is 1. The van der Waals surface area contributed by atoms with Gasteiger partial charge in [0.1, 0.15) is 6.04 Å². The molecule has 0 fully saturated rings. The predicted molar refractivity (Wildman–Crippen MR) is 97.8 cm³/mol. The van der Waals surface area contributed by atoms with Gasteiger partial charge in [-0.15, -0.1) is 11.3 Å². The highest BCUT2D eigenvalue weighted by molar-refractivity contribution is 7.10. The first-order valence-corrected chi connectivity index (χ1v) is 9.28. The molecule has 6 nitrogen and oxygen atoms in total. The monoisotopic (exact) mass is 372 g/mol. The Balaban J connectivity index is 1.46. The predicted octanol–water partition coefficient (Wildman–Crippen LogP) is 1.99. The number of benzene rings is 1. The number of nitrogens with one attached hydrogen (secondary N) is 1. The molecule has 3 rings (SSSR count). The van der Waals surface area contributed by atoms with Crippen molar-refractivity contribution in [1.82, 2.24) is 10.2 Å². The van der Waals surface area contributed by atoms with E-state index in [9.17, 15) is 14.4 Å². The number of ether oxygens (including phenoxy) is 1. The highest BCUT2D eigenvalue weighted by Crippen LogP contribution is 2.23. The number of thiophene rings is 1. The molecule has 0 spiro atoms. The summed E-state index contributed by atoms with van der Waals surface area (Å²) in [7, 11) is 0. The van der Waals surface area contributed by atoms with Crippen LogP contribution in [-0.4, -0.2) is 41.9 Å². The van der Waals surface area contributed by atoms with E-state index in [0.717, 1.165) is 12.0 Å². The summed E-state index contributed by atoms with van der Waals surface area (Å²) in [5, 5.41) is 4.60. The maximum absolute atomic E-state index is 12.3. The fraction of sp³-hybridized carbons (Fsp3) is 0.316. The minimum Gasteiger partial charge on any atom is -0.454 e. The summed E-state index contributed by atoms with van der Waals surface area (Å²) in [6.07, 6.45) is 0.830. The number of fused-ring (bicyclic) bond motifs is 1. The van der Waals surface area contributed by atoms with Crippen LogP contribution in [0.2, 0.25) is 0 Å². The Morgan fingerprint density at radius 3 is 2.77 bits per heavy atom. The van der Waals surface area contributed by atoms with Gasteiger partial charge in [-0.25, -0.2) is 4.79 Å². The Morgan fingerprint density at radius 1 is 1.23 bits per heavy atom. The van der Waals surface area contributed by atoms with Gasteiger partial charge >= 0.3 is 5.97 Å². The van der Waals surface area contributed by atoms with Crippen LogP contribution >= 0.6 is 11.3 Å². The maximum atomic E-state index is 12.3. The van der Waals surface area contributed by atoms with Crippen molar-refractivity contribution >= 4 is 29.1 Å². The molecule has 2 aromatic rings. The van der Waals surface area contributed by atoms with Crippen LogP contribution in [0.5, 0.6) is 0 Å². The summed E-state index contributed by atoms with van der Waals surface area (Å²) in [4.78, 5) is 39.4. The first-order chi connectivity index (χ1) is 12.5. The molecule has 0 bridgehead atoms. The zero-order chi connectivity index (χ0) is 18.5. The molecular weight excluding hydrogens is 352 g/mol. The van der Waals surface area contributed by atoms with Crippen molar-refractivity contribution in [3.8, 4) is 0 Å². The average molecular weight is 372 g/mol. The van der Waals surface area contributed by atoms with Gasteiger partial charge in [-0.2, -0.15) is 0 Å². The zero-order valence-corrected chi connectivity index (χ0v) is 15.3. The standard InChI is InChI=1S/C19H20N2O4S/c1-13(20-18(23)14-5-3-2-4-6-14)19(24)25-12-17(22)21-9-7-16-15(11-21)8-10-26-16/h2-6,8,10,13H,7,9,11-12H2,1H3,(H,20,23)/t13-/m0/s1. The SMILES string of the molecule is C[C@H](NC(=O)c1ccccc1)C(=O)OCC(=O)N1CCc2sccc2C1. The van der Waals surface area contributed by atoms with Crippen molar-refractivity contribution in [3.05, 3.63) is 57.8 Å². The first-order valence-electron chi connectivity index (χ1n) is 8.40. The molecule has 1 aromatic carbocycles. The molecule has 0 radical (unpaired) electrons. The van der Waals surface area contributed by atoms with Crippen LogP contribution < -0.4 is 5.32 Å². The van der Waals surface area contributed by atoms with E-state index >= 15 is 0 Å². The molecule has 0 unspecified atom stereocenters. The zero-order valence-electron chi connectivity index (χ0n) is 14.4. The third-order valence-corrected chi connectivity index (χ3v) is 5.26. The lowest BCUT2D eigenvalue weighted by molar-refractivity contribution is -0.153. The molecule has 1 aliphatic rings. The minimum atomic E-state index is -0.833. The van der Waals surface area contributed by atoms with Gasteiger partial charge in [-0.3, -0.25) is 9.59 Å². The molecule has 0 aliphatic carbocycles. The molecule has 2 heterocycles. The Morgan fingerprint density at radius 2 is 2.00 bits per heavy atom. The topological polar surface area (TPSA) is 75.7 Å². The average Bonchev–Trinajstić information content (AvgIpc) is 3.14. The molecule has 0 saturated carbocycles. The fourth-order valence-corrected chi connectivity index (χ4v) is 3.63.